The molecule has 18 heavy (non-hydrogen) atoms. The fraction of sp³-hybridized carbons (Fsp3) is 0.647. The predicted molar refractivity (Wildman–Crippen MR) is 79.0 cm³/mol. The van der Waals surface area contributed by atoms with Crippen molar-refractivity contribution in [1.82, 2.24) is 5.32 Å². The van der Waals surface area contributed by atoms with Gasteiger partial charge in [0.2, 0.25) is 0 Å². The van der Waals surface area contributed by atoms with E-state index in [2.05, 4.69) is 45.1 Å². The Hall–Kier alpha value is -0.820. The quantitative estimate of drug-likeness (QED) is 0.808. The van der Waals surface area contributed by atoms with Crippen LogP contribution in [-0.4, -0.2) is 6.54 Å². The van der Waals surface area contributed by atoms with Gasteiger partial charge < -0.3 is 5.32 Å². The Morgan fingerprint density at radius 3 is 2.33 bits per heavy atom. The Morgan fingerprint density at radius 1 is 1.11 bits per heavy atom. The third-order valence-corrected chi connectivity index (χ3v) is 4.45. The molecule has 0 heterocycles. The molecule has 2 rings (SSSR count). The lowest BCUT2D eigenvalue weighted by atomic mass is 9.76. The van der Waals surface area contributed by atoms with Gasteiger partial charge in [-0.15, -0.1) is 0 Å². The van der Waals surface area contributed by atoms with Crippen LogP contribution in [0.4, 0.5) is 0 Å². The third-order valence-electron chi connectivity index (χ3n) is 4.45. The summed E-state index contributed by atoms with van der Waals surface area (Å²) in [6.45, 7) is 10.1. The first-order valence-electron chi connectivity index (χ1n) is 7.44. The summed E-state index contributed by atoms with van der Waals surface area (Å²) < 4.78 is 0. The van der Waals surface area contributed by atoms with Crippen LogP contribution in [0.15, 0.2) is 12.1 Å². The van der Waals surface area contributed by atoms with Gasteiger partial charge in [-0.2, -0.15) is 0 Å². The average Bonchev–Trinajstić information content (AvgIpc) is 2.27. The van der Waals surface area contributed by atoms with E-state index >= 15 is 0 Å². The van der Waals surface area contributed by atoms with E-state index < -0.39 is 0 Å². The molecule has 1 aromatic carbocycles. The molecule has 0 radical (unpaired) electrons. The Morgan fingerprint density at radius 2 is 1.78 bits per heavy atom. The van der Waals surface area contributed by atoms with E-state index in [-0.39, 0.29) is 0 Å². The van der Waals surface area contributed by atoms with E-state index in [0.717, 1.165) is 12.5 Å². The molecule has 1 aromatic rings. The highest BCUT2D eigenvalue weighted by Crippen LogP contribution is 2.39. The lowest BCUT2D eigenvalue weighted by Crippen LogP contribution is -2.33. The van der Waals surface area contributed by atoms with Gasteiger partial charge in [-0.1, -0.05) is 25.5 Å². The van der Waals surface area contributed by atoms with Gasteiger partial charge in [-0.25, -0.2) is 0 Å². The van der Waals surface area contributed by atoms with Crippen molar-refractivity contribution in [2.45, 2.75) is 59.4 Å². The van der Waals surface area contributed by atoms with Crippen LogP contribution in [0.25, 0.3) is 0 Å². The van der Waals surface area contributed by atoms with E-state index in [1.807, 2.05) is 0 Å². The second-order valence-electron chi connectivity index (χ2n) is 5.92. The minimum absolute atomic E-state index is 0.581. The number of aryl methyl sites for hydroxylation is 3. The fourth-order valence-electron chi connectivity index (χ4n) is 2.92. The zero-order chi connectivity index (χ0) is 13.1. The van der Waals surface area contributed by atoms with Gasteiger partial charge >= 0.3 is 0 Å². The van der Waals surface area contributed by atoms with Crippen molar-refractivity contribution in [3.63, 3.8) is 0 Å². The Labute approximate surface area is 112 Å². The molecule has 1 unspecified atom stereocenters. The van der Waals surface area contributed by atoms with Crippen LogP contribution in [0.1, 0.15) is 60.9 Å². The monoisotopic (exact) mass is 245 g/mol. The van der Waals surface area contributed by atoms with Gasteiger partial charge in [0.05, 0.1) is 0 Å². The minimum Gasteiger partial charge on any atom is -0.310 e. The maximum Gasteiger partial charge on any atom is 0.0351 e. The maximum absolute atomic E-state index is 3.78. The molecule has 0 amide bonds. The smallest absolute Gasteiger partial charge is 0.0351 e. The first-order valence-corrected chi connectivity index (χ1v) is 7.44. The van der Waals surface area contributed by atoms with Gasteiger partial charge in [-0.3, -0.25) is 0 Å². The molecule has 1 aliphatic carbocycles. The molecular formula is C17H27N. The topological polar surface area (TPSA) is 12.0 Å². The first kappa shape index (κ1) is 13.6. The van der Waals surface area contributed by atoms with Gasteiger partial charge in [0.15, 0.2) is 0 Å². The van der Waals surface area contributed by atoms with Crippen molar-refractivity contribution in [2.75, 3.05) is 6.54 Å². The molecule has 1 fully saturated rings. The zero-order valence-electron chi connectivity index (χ0n) is 12.3. The van der Waals surface area contributed by atoms with Gasteiger partial charge in [0, 0.05) is 6.04 Å². The molecule has 1 nitrogen and oxygen atoms in total. The van der Waals surface area contributed by atoms with E-state index in [1.165, 1.54) is 47.9 Å². The number of hydrogen-bond donors (Lipinski definition) is 1. The molecule has 100 valence electrons. The standard InChI is InChI=1S/C17H27N/c1-5-9-18-17(15-7-6-8-15)16-11-13(3)12(2)10-14(16)4/h10-11,15,17-18H,5-9H2,1-4H3. The third kappa shape index (κ3) is 2.77. The zero-order valence-corrected chi connectivity index (χ0v) is 12.3. The summed E-state index contributed by atoms with van der Waals surface area (Å²) >= 11 is 0. The van der Waals surface area contributed by atoms with Crippen LogP contribution in [0, 0.1) is 26.7 Å². The normalized spacial score (nSPS) is 17.6. The van der Waals surface area contributed by atoms with Gasteiger partial charge in [-0.05, 0) is 74.8 Å². The molecule has 1 aliphatic rings. The minimum atomic E-state index is 0.581. The predicted octanol–water partition coefficient (Wildman–Crippen LogP) is 4.45. The van der Waals surface area contributed by atoms with Crippen LogP contribution in [0.3, 0.4) is 0 Å². The molecule has 0 aromatic heterocycles. The number of nitrogens with one attached hydrogen (secondary N) is 1. The average molecular weight is 245 g/mol. The molecule has 1 heteroatoms. The van der Waals surface area contributed by atoms with Crippen LogP contribution >= 0.6 is 0 Å². The summed E-state index contributed by atoms with van der Waals surface area (Å²) in [5.74, 6) is 0.859. The summed E-state index contributed by atoms with van der Waals surface area (Å²) in [7, 11) is 0. The van der Waals surface area contributed by atoms with Crippen molar-refractivity contribution >= 4 is 0 Å². The fourth-order valence-corrected chi connectivity index (χ4v) is 2.92. The second kappa shape index (κ2) is 5.88. The summed E-state index contributed by atoms with van der Waals surface area (Å²) in [6, 6.07) is 5.35. The molecule has 0 saturated heterocycles. The Bertz CT molecular complexity index is 404. The van der Waals surface area contributed by atoms with E-state index in [1.54, 1.807) is 0 Å². The Balaban J connectivity index is 2.25. The van der Waals surface area contributed by atoms with Gasteiger partial charge in [0.25, 0.3) is 0 Å². The summed E-state index contributed by atoms with van der Waals surface area (Å²) in [5.41, 5.74) is 5.84. The van der Waals surface area contributed by atoms with Crippen LogP contribution in [0.2, 0.25) is 0 Å². The highest BCUT2D eigenvalue weighted by molar-refractivity contribution is 5.38. The highest BCUT2D eigenvalue weighted by Gasteiger charge is 2.29. The SMILES string of the molecule is CCCNC(c1cc(C)c(C)cc1C)C1CCC1. The molecular weight excluding hydrogens is 218 g/mol. The summed E-state index contributed by atoms with van der Waals surface area (Å²) in [6.07, 6.45) is 5.42. The molecule has 0 aliphatic heterocycles. The van der Waals surface area contributed by atoms with Crippen LogP contribution in [-0.2, 0) is 0 Å². The van der Waals surface area contributed by atoms with Crippen molar-refractivity contribution in [1.29, 1.82) is 0 Å². The second-order valence-corrected chi connectivity index (χ2v) is 5.92. The van der Waals surface area contributed by atoms with Crippen molar-refractivity contribution in [3.05, 3.63) is 34.4 Å². The number of rotatable bonds is 5. The maximum atomic E-state index is 3.78. The van der Waals surface area contributed by atoms with Crippen LogP contribution < -0.4 is 5.32 Å². The first-order chi connectivity index (χ1) is 8.63. The van der Waals surface area contributed by atoms with Crippen LogP contribution in [0.5, 0.6) is 0 Å². The lowest BCUT2D eigenvalue weighted by molar-refractivity contribution is 0.230. The van der Waals surface area contributed by atoms with E-state index in [0.29, 0.717) is 6.04 Å². The molecule has 1 atom stereocenters. The van der Waals surface area contributed by atoms with E-state index in [9.17, 15) is 0 Å². The van der Waals surface area contributed by atoms with Crippen molar-refractivity contribution in [2.24, 2.45) is 5.92 Å². The molecule has 0 spiro atoms. The van der Waals surface area contributed by atoms with Crippen molar-refractivity contribution < 1.29 is 0 Å². The molecule has 1 N–H and O–H groups in total. The summed E-state index contributed by atoms with van der Waals surface area (Å²) in [5, 5.41) is 3.78. The largest absolute Gasteiger partial charge is 0.310 e. The molecule has 0 bridgehead atoms. The highest BCUT2D eigenvalue weighted by atomic mass is 14.9. The Kier molecular flexibility index (Phi) is 4.45. The van der Waals surface area contributed by atoms with E-state index in [4.69, 9.17) is 0 Å². The van der Waals surface area contributed by atoms with Gasteiger partial charge in [0.1, 0.15) is 0 Å². The number of benzene rings is 1. The van der Waals surface area contributed by atoms with Crippen molar-refractivity contribution in [3.8, 4) is 0 Å². The number of hydrogen-bond acceptors (Lipinski definition) is 1. The lowest BCUT2D eigenvalue weighted by Gasteiger charge is -2.36. The molecule has 1 saturated carbocycles. The summed E-state index contributed by atoms with van der Waals surface area (Å²) in [4.78, 5) is 0.